The van der Waals surface area contributed by atoms with E-state index in [1.165, 1.54) is 12.1 Å². The van der Waals surface area contributed by atoms with E-state index >= 15 is 0 Å². The maximum absolute atomic E-state index is 12.8. The van der Waals surface area contributed by atoms with Crippen LogP contribution < -0.4 is 5.32 Å². The van der Waals surface area contributed by atoms with E-state index in [-0.39, 0.29) is 22.5 Å². The van der Waals surface area contributed by atoms with Crippen LogP contribution in [-0.4, -0.2) is 24.3 Å². The van der Waals surface area contributed by atoms with Crippen LogP contribution in [0.4, 0.5) is 5.69 Å². The summed E-state index contributed by atoms with van der Waals surface area (Å²) in [5, 5.41) is 12.1. The monoisotopic (exact) mass is 418 g/mol. The molecule has 3 aromatic rings. The number of anilines is 1. The topological polar surface area (TPSA) is 96.3 Å². The van der Waals surface area contributed by atoms with Gasteiger partial charge in [0.1, 0.15) is 6.07 Å². The average Bonchev–Trinajstić information content (AvgIpc) is 2.78. The van der Waals surface area contributed by atoms with Crippen molar-refractivity contribution in [3.8, 4) is 6.07 Å². The van der Waals surface area contributed by atoms with Gasteiger partial charge >= 0.3 is 5.97 Å². The summed E-state index contributed by atoms with van der Waals surface area (Å²) < 4.78 is 5.07. The third-order valence-corrected chi connectivity index (χ3v) is 4.41. The van der Waals surface area contributed by atoms with Crippen molar-refractivity contribution in [2.24, 2.45) is 0 Å². The Morgan fingerprint density at radius 1 is 0.900 bits per heavy atom. The SMILES string of the molecule is N#Cc1ccccc1NC(=O)COC(=O)c1ccccc1C(=O)c1ccc(Cl)cc1. The number of nitrogens with zero attached hydrogens (tertiary/aromatic N) is 1. The largest absolute Gasteiger partial charge is 0.452 e. The Morgan fingerprint density at radius 2 is 1.53 bits per heavy atom. The van der Waals surface area contributed by atoms with Gasteiger partial charge < -0.3 is 10.1 Å². The smallest absolute Gasteiger partial charge is 0.339 e. The van der Waals surface area contributed by atoms with Crippen LogP contribution in [-0.2, 0) is 9.53 Å². The van der Waals surface area contributed by atoms with Crippen LogP contribution in [0.3, 0.4) is 0 Å². The molecule has 0 aliphatic heterocycles. The lowest BCUT2D eigenvalue weighted by Crippen LogP contribution is -2.22. The zero-order valence-electron chi connectivity index (χ0n) is 15.6. The van der Waals surface area contributed by atoms with Crippen molar-refractivity contribution in [3.05, 3.63) is 100 Å². The molecule has 0 saturated carbocycles. The third-order valence-electron chi connectivity index (χ3n) is 4.15. The van der Waals surface area contributed by atoms with Crippen molar-refractivity contribution in [3.63, 3.8) is 0 Å². The van der Waals surface area contributed by atoms with Crippen molar-refractivity contribution in [2.75, 3.05) is 11.9 Å². The van der Waals surface area contributed by atoms with Gasteiger partial charge in [0, 0.05) is 16.1 Å². The first-order chi connectivity index (χ1) is 14.5. The standard InChI is InChI=1S/C23H15ClN2O4/c24-17-11-9-15(10-12-17)22(28)18-6-2-3-7-19(18)23(29)30-14-21(27)26-20-8-4-1-5-16(20)13-25/h1-12H,14H2,(H,26,27). The number of nitriles is 1. The summed E-state index contributed by atoms with van der Waals surface area (Å²) >= 11 is 5.85. The molecule has 1 amide bonds. The van der Waals surface area contributed by atoms with Gasteiger partial charge in [-0.05, 0) is 42.5 Å². The molecule has 0 aliphatic carbocycles. The highest BCUT2D eigenvalue weighted by molar-refractivity contribution is 6.30. The molecule has 148 valence electrons. The van der Waals surface area contributed by atoms with Crippen LogP contribution in [0.2, 0.25) is 5.02 Å². The number of para-hydroxylation sites is 1. The minimum atomic E-state index is -0.809. The summed E-state index contributed by atoms with van der Waals surface area (Å²) in [4.78, 5) is 37.4. The lowest BCUT2D eigenvalue weighted by atomic mass is 9.98. The minimum absolute atomic E-state index is 0.0441. The Balaban J connectivity index is 1.70. The summed E-state index contributed by atoms with van der Waals surface area (Å²) in [6.07, 6.45) is 0. The number of ketones is 1. The molecular weight excluding hydrogens is 404 g/mol. The average molecular weight is 419 g/mol. The zero-order valence-corrected chi connectivity index (χ0v) is 16.3. The van der Waals surface area contributed by atoms with Gasteiger partial charge in [-0.15, -0.1) is 0 Å². The molecule has 0 atom stereocenters. The highest BCUT2D eigenvalue weighted by Crippen LogP contribution is 2.18. The van der Waals surface area contributed by atoms with Crippen molar-refractivity contribution < 1.29 is 19.1 Å². The number of nitrogens with one attached hydrogen (secondary N) is 1. The van der Waals surface area contributed by atoms with Crippen LogP contribution in [0.5, 0.6) is 0 Å². The lowest BCUT2D eigenvalue weighted by Gasteiger charge is -2.10. The number of esters is 1. The highest BCUT2D eigenvalue weighted by atomic mass is 35.5. The number of ether oxygens (including phenoxy) is 1. The van der Waals surface area contributed by atoms with Crippen LogP contribution in [0.15, 0.2) is 72.8 Å². The van der Waals surface area contributed by atoms with E-state index in [0.717, 1.165) is 0 Å². The number of rotatable bonds is 6. The van der Waals surface area contributed by atoms with Gasteiger partial charge in [0.15, 0.2) is 12.4 Å². The molecule has 0 bridgehead atoms. The molecule has 3 aromatic carbocycles. The summed E-state index contributed by atoms with van der Waals surface area (Å²) in [5.74, 6) is -1.78. The number of halogens is 1. The second kappa shape index (κ2) is 9.50. The molecular formula is C23H15ClN2O4. The van der Waals surface area contributed by atoms with Crippen LogP contribution in [0.25, 0.3) is 0 Å². The van der Waals surface area contributed by atoms with E-state index in [2.05, 4.69) is 5.32 Å². The maximum atomic E-state index is 12.8. The minimum Gasteiger partial charge on any atom is -0.452 e. The normalized spacial score (nSPS) is 10.0. The van der Waals surface area contributed by atoms with Gasteiger partial charge in [-0.3, -0.25) is 9.59 Å². The Bertz CT molecular complexity index is 1150. The first-order valence-electron chi connectivity index (χ1n) is 8.85. The summed E-state index contributed by atoms with van der Waals surface area (Å²) in [7, 11) is 0. The van der Waals surface area contributed by atoms with E-state index in [1.807, 2.05) is 6.07 Å². The summed E-state index contributed by atoms with van der Waals surface area (Å²) in [6.45, 7) is -0.567. The first kappa shape index (κ1) is 20.8. The predicted molar refractivity (Wildman–Crippen MR) is 111 cm³/mol. The molecule has 0 unspecified atom stereocenters. The second-order valence-electron chi connectivity index (χ2n) is 6.16. The van der Waals surface area contributed by atoms with Gasteiger partial charge in [-0.2, -0.15) is 5.26 Å². The lowest BCUT2D eigenvalue weighted by molar-refractivity contribution is -0.119. The zero-order chi connectivity index (χ0) is 21.5. The van der Waals surface area contributed by atoms with E-state index in [9.17, 15) is 14.4 Å². The number of carbonyl (C=O) groups excluding carboxylic acids is 3. The molecule has 0 spiro atoms. The van der Waals surface area contributed by atoms with Gasteiger partial charge in [0.05, 0.1) is 16.8 Å². The van der Waals surface area contributed by atoms with E-state index < -0.39 is 18.5 Å². The molecule has 7 heteroatoms. The fourth-order valence-electron chi connectivity index (χ4n) is 2.70. The molecule has 0 radical (unpaired) electrons. The van der Waals surface area contributed by atoms with Crippen LogP contribution in [0.1, 0.15) is 31.8 Å². The molecule has 0 aliphatic rings. The maximum Gasteiger partial charge on any atom is 0.339 e. The van der Waals surface area contributed by atoms with Crippen molar-refractivity contribution in [1.29, 1.82) is 5.26 Å². The number of carbonyl (C=O) groups is 3. The van der Waals surface area contributed by atoms with Crippen molar-refractivity contribution >= 4 is 34.9 Å². The summed E-state index contributed by atoms with van der Waals surface area (Å²) in [5.41, 5.74) is 1.17. The predicted octanol–water partition coefficient (Wildman–Crippen LogP) is 4.24. The van der Waals surface area contributed by atoms with Gasteiger partial charge in [-0.25, -0.2) is 4.79 Å². The number of hydrogen-bond donors (Lipinski definition) is 1. The molecule has 0 saturated heterocycles. The number of amides is 1. The molecule has 3 rings (SSSR count). The van der Waals surface area contributed by atoms with Crippen LogP contribution >= 0.6 is 11.6 Å². The Hall–Kier alpha value is -3.95. The van der Waals surface area contributed by atoms with E-state index in [1.54, 1.807) is 60.7 Å². The third kappa shape index (κ3) is 4.90. The Morgan fingerprint density at radius 3 is 2.23 bits per heavy atom. The molecule has 6 nitrogen and oxygen atoms in total. The number of benzene rings is 3. The van der Waals surface area contributed by atoms with Gasteiger partial charge in [0.2, 0.25) is 0 Å². The Kier molecular flexibility index (Phi) is 6.58. The van der Waals surface area contributed by atoms with Crippen molar-refractivity contribution in [2.45, 2.75) is 0 Å². The van der Waals surface area contributed by atoms with Crippen molar-refractivity contribution in [1.82, 2.24) is 0 Å². The molecule has 1 N–H and O–H groups in total. The number of hydrogen-bond acceptors (Lipinski definition) is 5. The van der Waals surface area contributed by atoms with E-state index in [0.29, 0.717) is 16.3 Å². The molecule has 0 aromatic heterocycles. The highest BCUT2D eigenvalue weighted by Gasteiger charge is 2.20. The molecule has 30 heavy (non-hydrogen) atoms. The Labute approximate surface area is 177 Å². The molecule has 0 fully saturated rings. The second-order valence-corrected chi connectivity index (χ2v) is 6.60. The van der Waals surface area contributed by atoms with Gasteiger partial charge in [0.25, 0.3) is 5.91 Å². The molecule has 0 heterocycles. The van der Waals surface area contributed by atoms with E-state index in [4.69, 9.17) is 21.6 Å². The van der Waals surface area contributed by atoms with Crippen LogP contribution in [0, 0.1) is 11.3 Å². The quantitative estimate of drug-likeness (QED) is 0.477. The van der Waals surface area contributed by atoms with Gasteiger partial charge in [-0.1, -0.05) is 41.9 Å². The fourth-order valence-corrected chi connectivity index (χ4v) is 2.83. The first-order valence-corrected chi connectivity index (χ1v) is 9.23. The fraction of sp³-hybridized carbons (Fsp3) is 0.0435. The summed E-state index contributed by atoms with van der Waals surface area (Å²) in [6, 6.07) is 20.9.